The summed E-state index contributed by atoms with van der Waals surface area (Å²) in [5.74, 6) is 0. The van der Waals surface area contributed by atoms with Crippen molar-refractivity contribution in [3.8, 4) is 55.6 Å². The molecule has 0 unspecified atom stereocenters. The second kappa shape index (κ2) is 9.24. The Morgan fingerprint density at radius 1 is 0.395 bits per heavy atom. The van der Waals surface area contributed by atoms with E-state index in [0.29, 0.717) is 0 Å². The lowest BCUT2D eigenvalue weighted by Crippen LogP contribution is -1.93. The van der Waals surface area contributed by atoms with E-state index in [-0.39, 0.29) is 0 Å². The van der Waals surface area contributed by atoms with E-state index in [9.17, 15) is 0 Å². The van der Waals surface area contributed by atoms with Crippen molar-refractivity contribution in [1.29, 1.82) is 0 Å². The zero-order valence-electron chi connectivity index (χ0n) is 23.8. The molecule has 8 aromatic rings. The third-order valence-electron chi connectivity index (χ3n) is 9.05. The molecule has 0 aliphatic heterocycles. The van der Waals surface area contributed by atoms with Gasteiger partial charge < -0.3 is 0 Å². The van der Waals surface area contributed by atoms with Crippen LogP contribution in [0.2, 0.25) is 0 Å². The minimum Gasteiger partial charge on any atom is -0.261 e. The van der Waals surface area contributed by atoms with Gasteiger partial charge in [0.25, 0.3) is 0 Å². The molecule has 0 N–H and O–H groups in total. The molecule has 9 rings (SSSR count). The monoisotopic (exact) mass is 545 g/mol. The highest BCUT2D eigenvalue weighted by Crippen LogP contribution is 2.58. The van der Waals surface area contributed by atoms with E-state index in [0.717, 1.165) is 11.1 Å². The third kappa shape index (κ3) is 3.62. The lowest BCUT2D eigenvalue weighted by atomic mass is 9.82. The molecule has 1 heterocycles. The van der Waals surface area contributed by atoms with E-state index in [4.69, 9.17) is 0 Å². The molecule has 1 aromatic heterocycles. The van der Waals surface area contributed by atoms with Crippen LogP contribution in [0.25, 0.3) is 88.0 Å². The van der Waals surface area contributed by atoms with Gasteiger partial charge in [-0.05, 0) is 114 Å². The molecule has 7 aromatic carbocycles. The van der Waals surface area contributed by atoms with E-state index >= 15 is 0 Å². The number of fused-ring (bicyclic) bond motifs is 5. The topological polar surface area (TPSA) is 12.9 Å². The van der Waals surface area contributed by atoms with E-state index in [1.807, 2.05) is 6.20 Å². The SMILES string of the molecule is Cc1cc2cc(-c3cc4c5c(cccc5c3)-c3c-4c(-c4ccccc4)c4ccccc4c3-c3ccccc3)ccc2cn1. The number of hydrogen-bond donors (Lipinski definition) is 0. The molecule has 200 valence electrons. The van der Waals surface area contributed by atoms with Crippen molar-refractivity contribution in [2.75, 3.05) is 0 Å². The summed E-state index contributed by atoms with van der Waals surface area (Å²) in [6, 6.07) is 51.3. The zero-order valence-corrected chi connectivity index (χ0v) is 23.8. The average Bonchev–Trinajstić information content (AvgIpc) is 3.38. The van der Waals surface area contributed by atoms with Gasteiger partial charge in [0.05, 0.1) is 0 Å². The van der Waals surface area contributed by atoms with Crippen molar-refractivity contribution in [3.05, 3.63) is 151 Å². The molecule has 0 saturated carbocycles. The van der Waals surface area contributed by atoms with Gasteiger partial charge in [-0.25, -0.2) is 0 Å². The Labute approximate surface area is 250 Å². The van der Waals surface area contributed by atoms with Crippen molar-refractivity contribution in [1.82, 2.24) is 4.98 Å². The molecule has 1 aliphatic carbocycles. The summed E-state index contributed by atoms with van der Waals surface area (Å²) in [7, 11) is 0. The molecular formula is C42H27N. The summed E-state index contributed by atoms with van der Waals surface area (Å²) >= 11 is 0. The summed E-state index contributed by atoms with van der Waals surface area (Å²) in [5.41, 5.74) is 13.9. The number of hydrogen-bond acceptors (Lipinski definition) is 1. The highest BCUT2D eigenvalue weighted by Gasteiger charge is 2.30. The summed E-state index contributed by atoms with van der Waals surface area (Å²) in [4.78, 5) is 4.51. The number of benzene rings is 7. The standard InChI is InChI=1S/C42H27N/c1-26-21-32-22-29(19-20-31(32)25-43-26)33-23-30-15-10-18-36-38(30)37(24-33)42-40(28-13-6-3-7-14-28)35-17-9-8-16-34(35)39(41(36)42)27-11-4-2-5-12-27/h2-25H,1H3. The molecule has 1 heteroatoms. The summed E-state index contributed by atoms with van der Waals surface area (Å²) < 4.78 is 0. The van der Waals surface area contributed by atoms with Crippen LogP contribution < -0.4 is 0 Å². The van der Waals surface area contributed by atoms with Crippen LogP contribution in [0.1, 0.15) is 5.69 Å². The van der Waals surface area contributed by atoms with Gasteiger partial charge in [0, 0.05) is 17.3 Å². The minimum atomic E-state index is 1.04. The first kappa shape index (κ1) is 24.1. The van der Waals surface area contributed by atoms with Crippen LogP contribution in [0.15, 0.2) is 146 Å². The van der Waals surface area contributed by atoms with Crippen LogP contribution in [0, 0.1) is 6.92 Å². The van der Waals surface area contributed by atoms with Crippen LogP contribution in [-0.2, 0) is 0 Å². The molecule has 0 fully saturated rings. The normalized spacial score (nSPS) is 11.8. The maximum absolute atomic E-state index is 4.51. The Balaban J connectivity index is 1.44. The number of aryl methyl sites for hydroxylation is 1. The molecule has 0 bridgehead atoms. The molecule has 43 heavy (non-hydrogen) atoms. The minimum absolute atomic E-state index is 1.04. The first-order valence-corrected chi connectivity index (χ1v) is 14.9. The van der Waals surface area contributed by atoms with Crippen molar-refractivity contribution < 1.29 is 0 Å². The Kier molecular flexibility index (Phi) is 5.18. The van der Waals surface area contributed by atoms with E-state index in [2.05, 4.69) is 151 Å². The number of rotatable bonds is 3. The Bertz CT molecular complexity index is 2380. The average molecular weight is 546 g/mol. The smallest absolute Gasteiger partial charge is 0.0379 e. The van der Waals surface area contributed by atoms with Gasteiger partial charge in [-0.15, -0.1) is 0 Å². The molecule has 0 saturated heterocycles. The van der Waals surface area contributed by atoms with Crippen LogP contribution in [0.5, 0.6) is 0 Å². The van der Waals surface area contributed by atoms with E-state index in [1.165, 1.54) is 82.6 Å². The third-order valence-corrected chi connectivity index (χ3v) is 9.05. The van der Waals surface area contributed by atoms with E-state index < -0.39 is 0 Å². The van der Waals surface area contributed by atoms with Crippen molar-refractivity contribution in [2.24, 2.45) is 0 Å². The van der Waals surface area contributed by atoms with Crippen molar-refractivity contribution in [3.63, 3.8) is 0 Å². The molecular weight excluding hydrogens is 518 g/mol. The predicted molar refractivity (Wildman–Crippen MR) is 182 cm³/mol. The number of nitrogens with zero attached hydrogens (tertiary/aromatic N) is 1. The Hall–Kier alpha value is -5.53. The first-order valence-electron chi connectivity index (χ1n) is 14.9. The Morgan fingerprint density at radius 2 is 1.02 bits per heavy atom. The second-order valence-electron chi connectivity index (χ2n) is 11.6. The summed E-state index contributed by atoms with van der Waals surface area (Å²) in [6.07, 6.45) is 1.97. The predicted octanol–water partition coefficient (Wildman–Crippen LogP) is 11.5. The van der Waals surface area contributed by atoms with Gasteiger partial charge in [-0.2, -0.15) is 0 Å². The van der Waals surface area contributed by atoms with Crippen LogP contribution in [0.4, 0.5) is 0 Å². The molecule has 0 atom stereocenters. The number of aromatic nitrogens is 1. The molecule has 0 spiro atoms. The lowest BCUT2D eigenvalue weighted by Gasteiger charge is -2.20. The first-order chi connectivity index (χ1) is 21.2. The van der Waals surface area contributed by atoms with Gasteiger partial charge in [0.2, 0.25) is 0 Å². The fourth-order valence-electron chi connectivity index (χ4n) is 7.22. The highest BCUT2D eigenvalue weighted by atomic mass is 14.6. The molecule has 1 aliphatic rings. The maximum atomic E-state index is 4.51. The summed E-state index contributed by atoms with van der Waals surface area (Å²) in [6.45, 7) is 2.06. The largest absolute Gasteiger partial charge is 0.261 e. The summed E-state index contributed by atoms with van der Waals surface area (Å²) in [5, 5.41) is 7.57. The van der Waals surface area contributed by atoms with Gasteiger partial charge in [-0.1, -0.05) is 115 Å². The van der Waals surface area contributed by atoms with Crippen LogP contribution >= 0.6 is 0 Å². The van der Waals surface area contributed by atoms with Crippen LogP contribution in [0.3, 0.4) is 0 Å². The van der Waals surface area contributed by atoms with Gasteiger partial charge in [0.1, 0.15) is 0 Å². The molecule has 0 radical (unpaired) electrons. The van der Waals surface area contributed by atoms with Crippen molar-refractivity contribution in [2.45, 2.75) is 6.92 Å². The lowest BCUT2D eigenvalue weighted by molar-refractivity contribution is 1.22. The zero-order chi connectivity index (χ0) is 28.5. The highest BCUT2D eigenvalue weighted by molar-refractivity contribution is 6.28. The van der Waals surface area contributed by atoms with Gasteiger partial charge in [-0.3, -0.25) is 4.98 Å². The molecule has 1 nitrogen and oxygen atoms in total. The van der Waals surface area contributed by atoms with Crippen molar-refractivity contribution >= 4 is 32.3 Å². The van der Waals surface area contributed by atoms with Crippen LogP contribution in [-0.4, -0.2) is 4.98 Å². The van der Waals surface area contributed by atoms with Gasteiger partial charge >= 0.3 is 0 Å². The maximum Gasteiger partial charge on any atom is 0.0379 e. The van der Waals surface area contributed by atoms with Gasteiger partial charge in [0.15, 0.2) is 0 Å². The molecule has 0 amide bonds. The Morgan fingerprint density at radius 3 is 1.72 bits per heavy atom. The fourth-order valence-corrected chi connectivity index (χ4v) is 7.22. The second-order valence-corrected chi connectivity index (χ2v) is 11.6. The quantitative estimate of drug-likeness (QED) is 0.215. The van der Waals surface area contributed by atoms with E-state index in [1.54, 1.807) is 0 Å². The fraction of sp³-hybridized carbons (Fsp3) is 0.0238. The number of pyridine rings is 1.